The van der Waals surface area contributed by atoms with Gasteiger partial charge in [0.15, 0.2) is 0 Å². The number of likely N-dealkylation sites (tertiary alicyclic amines) is 1. The number of thiophene rings is 1. The van der Waals surface area contributed by atoms with E-state index in [1.807, 2.05) is 13.8 Å². The van der Waals surface area contributed by atoms with Gasteiger partial charge in [-0.25, -0.2) is 4.98 Å². The highest BCUT2D eigenvalue weighted by Gasteiger charge is 2.29. The van der Waals surface area contributed by atoms with Gasteiger partial charge in [-0.1, -0.05) is 0 Å². The van der Waals surface area contributed by atoms with Crippen LogP contribution in [0.1, 0.15) is 43.0 Å². The highest BCUT2D eigenvalue weighted by molar-refractivity contribution is 7.18. The second-order valence-electron chi connectivity index (χ2n) is 8.03. The van der Waals surface area contributed by atoms with E-state index in [0.717, 1.165) is 23.3 Å². The summed E-state index contributed by atoms with van der Waals surface area (Å²) in [7, 11) is 0. The minimum absolute atomic E-state index is 0.0255. The molecule has 174 valence electrons. The van der Waals surface area contributed by atoms with Gasteiger partial charge >= 0.3 is 5.97 Å². The number of aromatic nitrogens is 2. The van der Waals surface area contributed by atoms with E-state index in [-0.39, 0.29) is 42.2 Å². The van der Waals surface area contributed by atoms with Crippen LogP contribution in [0.2, 0.25) is 0 Å². The summed E-state index contributed by atoms with van der Waals surface area (Å²) in [6, 6.07) is 0. The van der Waals surface area contributed by atoms with Crippen molar-refractivity contribution >= 4 is 39.3 Å². The fourth-order valence-electron chi connectivity index (χ4n) is 3.87. The molecule has 1 fully saturated rings. The van der Waals surface area contributed by atoms with Crippen LogP contribution >= 0.6 is 11.3 Å². The third-order valence-corrected chi connectivity index (χ3v) is 6.87. The summed E-state index contributed by atoms with van der Waals surface area (Å²) < 4.78 is 6.38. The SMILES string of the molecule is CCOC(=O)[C@H]1CCCN(C(=O)CCCNC(=O)Cn2cnc3sc(C)c(C)c3c2=O)C1. The van der Waals surface area contributed by atoms with Gasteiger partial charge in [-0.2, -0.15) is 0 Å². The summed E-state index contributed by atoms with van der Waals surface area (Å²) in [4.78, 5) is 57.1. The van der Waals surface area contributed by atoms with Crippen LogP contribution in [-0.2, 0) is 25.7 Å². The Balaban J connectivity index is 1.44. The predicted molar refractivity (Wildman–Crippen MR) is 122 cm³/mol. The summed E-state index contributed by atoms with van der Waals surface area (Å²) in [6.07, 6.45) is 3.70. The largest absolute Gasteiger partial charge is 0.466 e. The molecule has 1 aliphatic heterocycles. The van der Waals surface area contributed by atoms with E-state index in [9.17, 15) is 19.2 Å². The molecule has 0 aromatic carbocycles. The number of rotatable bonds is 8. The molecule has 0 aliphatic carbocycles. The molecular weight excluding hydrogens is 432 g/mol. The fraction of sp³-hybridized carbons (Fsp3) is 0.591. The first kappa shape index (κ1) is 23.9. The highest BCUT2D eigenvalue weighted by Crippen LogP contribution is 2.25. The van der Waals surface area contributed by atoms with Gasteiger partial charge < -0.3 is 15.0 Å². The molecule has 1 saturated heterocycles. The van der Waals surface area contributed by atoms with Crippen molar-refractivity contribution in [1.29, 1.82) is 0 Å². The van der Waals surface area contributed by atoms with E-state index in [4.69, 9.17) is 4.74 Å². The van der Waals surface area contributed by atoms with Crippen molar-refractivity contribution in [2.75, 3.05) is 26.2 Å². The van der Waals surface area contributed by atoms with Gasteiger partial charge in [0.05, 0.1) is 24.2 Å². The third-order valence-electron chi connectivity index (χ3n) is 5.75. The molecule has 2 aromatic rings. The van der Waals surface area contributed by atoms with Crippen molar-refractivity contribution in [2.24, 2.45) is 5.92 Å². The minimum atomic E-state index is -0.300. The van der Waals surface area contributed by atoms with Crippen molar-refractivity contribution < 1.29 is 19.1 Å². The van der Waals surface area contributed by atoms with Crippen molar-refractivity contribution in [2.45, 2.75) is 53.0 Å². The number of hydrogen-bond donors (Lipinski definition) is 1. The molecule has 0 bridgehead atoms. The number of fused-ring (bicyclic) bond motifs is 1. The van der Waals surface area contributed by atoms with Gasteiger partial charge in [0.2, 0.25) is 11.8 Å². The van der Waals surface area contributed by atoms with Crippen LogP contribution in [-0.4, -0.2) is 58.5 Å². The van der Waals surface area contributed by atoms with Gasteiger partial charge in [-0.05, 0) is 45.6 Å². The zero-order chi connectivity index (χ0) is 23.3. The Morgan fingerprint density at radius 3 is 2.84 bits per heavy atom. The quantitative estimate of drug-likeness (QED) is 0.473. The van der Waals surface area contributed by atoms with Crippen LogP contribution in [0.15, 0.2) is 11.1 Å². The van der Waals surface area contributed by atoms with Crippen molar-refractivity contribution in [3.05, 3.63) is 27.1 Å². The molecule has 1 N–H and O–H groups in total. The Labute approximate surface area is 190 Å². The first-order chi connectivity index (χ1) is 15.3. The number of amides is 2. The van der Waals surface area contributed by atoms with Gasteiger partial charge in [0.1, 0.15) is 11.4 Å². The van der Waals surface area contributed by atoms with E-state index < -0.39 is 0 Å². The Hall–Kier alpha value is -2.75. The normalized spacial score (nSPS) is 16.2. The number of aryl methyl sites for hydroxylation is 2. The van der Waals surface area contributed by atoms with Gasteiger partial charge in [0.25, 0.3) is 5.56 Å². The smallest absolute Gasteiger partial charge is 0.310 e. The molecule has 9 nitrogen and oxygen atoms in total. The van der Waals surface area contributed by atoms with E-state index in [2.05, 4.69) is 10.3 Å². The monoisotopic (exact) mass is 462 g/mol. The van der Waals surface area contributed by atoms with Crippen LogP contribution in [0.5, 0.6) is 0 Å². The number of esters is 1. The Kier molecular flexibility index (Phi) is 8.00. The lowest BCUT2D eigenvalue weighted by molar-refractivity contribution is -0.151. The van der Waals surface area contributed by atoms with Crippen molar-refractivity contribution in [3.63, 3.8) is 0 Å². The average Bonchev–Trinajstić information content (AvgIpc) is 3.07. The number of nitrogens with one attached hydrogen (secondary N) is 1. The number of carbonyl (C=O) groups is 3. The molecule has 0 spiro atoms. The van der Waals surface area contributed by atoms with E-state index in [1.54, 1.807) is 11.8 Å². The zero-order valence-electron chi connectivity index (χ0n) is 18.8. The second-order valence-corrected chi connectivity index (χ2v) is 9.23. The molecule has 1 aliphatic rings. The number of piperidine rings is 1. The molecule has 3 rings (SSSR count). The Morgan fingerprint density at radius 1 is 1.31 bits per heavy atom. The maximum atomic E-state index is 12.7. The van der Waals surface area contributed by atoms with E-state index >= 15 is 0 Å². The molecule has 0 unspecified atom stereocenters. The minimum Gasteiger partial charge on any atom is -0.466 e. The average molecular weight is 463 g/mol. The summed E-state index contributed by atoms with van der Waals surface area (Å²) in [6.45, 7) is 7.19. The summed E-state index contributed by atoms with van der Waals surface area (Å²) >= 11 is 1.47. The lowest BCUT2D eigenvalue weighted by atomic mass is 9.98. The Morgan fingerprint density at radius 2 is 2.09 bits per heavy atom. The fourth-order valence-corrected chi connectivity index (χ4v) is 4.86. The summed E-state index contributed by atoms with van der Waals surface area (Å²) in [5.41, 5.74) is 0.683. The predicted octanol–water partition coefficient (Wildman–Crippen LogP) is 1.77. The second kappa shape index (κ2) is 10.7. The summed E-state index contributed by atoms with van der Waals surface area (Å²) in [5, 5.41) is 3.33. The lowest BCUT2D eigenvalue weighted by Crippen LogP contribution is -2.43. The topological polar surface area (TPSA) is 111 Å². The van der Waals surface area contributed by atoms with Crippen LogP contribution in [0, 0.1) is 19.8 Å². The first-order valence-corrected chi connectivity index (χ1v) is 11.8. The van der Waals surface area contributed by atoms with E-state index in [1.165, 1.54) is 22.2 Å². The standard InChI is InChI=1S/C22H30N4O5S/c1-4-31-22(30)16-7-6-10-25(11-16)18(28)8-5-9-23-17(27)12-26-13-24-20-19(21(26)29)14(2)15(3)32-20/h13,16H,4-12H2,1-3H3,(H,23,27)/t16-/m0/s1. The molecule has 2 amide bonds. The molecule has 3 heterocycles. The van der Waals surface area contributed by atoms with Crippen LogP contribution in [0.3, 0.4) is 0 Å². The zero-order valence-corrected chi connectivity index (χ0v) is 19.6. The van der Waals surface area contributed by atoms with Crippen molar-refractivity contribution in [3.8, 4) is 0 Å². The number of hydrogen-bond acceptors (Lipinski definition) is 7. The van der Waals surface area contributed by atoms with Crippen molar-refractivity contribution in [1.82, 2.24) is 19.8 Å². The van der Waals surface area contributed by atoms with Gasteiger partial charge in [-0.15, -0.1) is 11.3 Å². The first-order valence-electron chi connectivity index (χ1n) is 11.0. The number of nitrogens with zero attached hydrogens (tertiary/aromatic N) is 3. The highest BCUT2D eigenvalue weighted by atomic mass is 32.1. The summed E-state index contributed by atoms with van der Waals surface area (Å²) in [5.74, 6) is -0.826. The molecule has 0 radical (unpaired) electrons. The van der Waals surface area contributed by atoms with Gasteiger partial charge in [0, 0.05) is 30.9 Å². The molecule has 1 atom stereocenters. The number of carbonyl (C=O) groups excluding carboxylic acids is 3. The Bertz CT molecular complexity index is 1060. The van der Waals surface area contributed by atoms with Crippen LogP contribution < -0.4 is 10.9 Å². The molecule has 32 heavy (non-hydrogen) atoms. The lowest BCUT2D eigenvalue weighted by Gasteiger charge is -2.31. The van der Waals surface area contributed by atoms with Crippen LogP contribution in [0.25, 0.3) is 10.2 Å². The number of ether oxygens (including phenoxy) is 1. The maximum absolute atomic E-state index is 12.7. The third kappa shape index (κ3) is 5.53. The molecular formula is C22H30N4O5S. The van der Waals surface area contributed by atoms with Crippen LogP contribution in [0.4, 0.5) is 0 Å². The molecule has 10 heteroatoms. The molecule has 2 aromatic heterocycles. The molecule has 0 saturated carbocycles. The maximum Gasteiger partial charge on any atom is 0.310 e. The van der Waals surface area contributed by atoms with Gasteiger partial charge in [-0.3, -0.25) is 23.7 Å². The van der Waals surface area contributed by atoms with E-state index in [0.29, 0.717) is 42.9 Å².